The highest BCUT2D eigenvalue weighted by atomic mass is 14.9. The second kappa shape index (κ2) is 7.05. The molecule has 1 N–H and O–H groups in total. The van der Waals surface area contributed by atoms with E-state index in [4.69, 9.17) is 0 Å². The van der Waals surface area contributed by atoms with Gasteiger partial charge < -0.3 is 5.32 Å². The largest absolute Gasteiger partial charge is 0.316 e. The summed E-state index contributed by atoms with van der Waals surface area (Å²) in [6.07, 6.45) is 12.0. The lowest BCUT2D eigenvalue weighted by molar-refractivity contribution is 0.320. The van der Waals surface area contributed by atoms with Gasteiger partial charge in [-0.15, -0.1) is 0 Å². The molecule has 0 heterocycles. The lowest BCUT2D eigenvalue weighted by Crippen LogP contribution is -2.35. The Hall–Kier alpha value is -0.300. The van der Waals surface area contributed by atoms with Crippen LogP contribution in [0.15, 0.2) is 11.6 Å². The zero-order valence-corrected chi connectivity index (χ0v) is 10.7. The Morgan fingerprint density at radius 1 is 1.27 bits per heavy atom. The molecule has 0 radical (unpaired) electrons. The Morgan fingerprint density at radius 2 is 2.00 bits per heavy atom. The van der Waals surface area contributed by atoms with Crippen LogP contribution in [0.4, 0.5) is 0 Å². The number of rotatable bonds is 5. The zero-order chi connectivity index (χ0) is 11.1. The van der Waals surface area contributed by atoms with E-state index >= 15 is 0 Å². The second-order valence-corrected chi connectivity index (χ2v) is 4.77. The van der Waals surface area contributed by atoms with E-state index in [1.807, 2.05) is 0 Å². The summed E-state index contributed by atoms with van der Waals surface area (Å²) in [6.45, 7) is 4.57. The van der Waals surface area contributed by atoms with Crippen LogP contribution in [0.2, 0.25) is 0 Å². The highest BCUT2D eigenvalue weighted by Crippen LogP contribution is 2.27. The van der Waals surface area contributed by atoms with Crippen LogP contribution in [0.1, 0.15) is 58.8 Å². The molecule has 15 heavy (non-hydrogen) atoms. The molecular formula is C14H27N. The molecule has 1 heteroatoms. The van der Waals surface area contributed by atoms with E-state index in [2.05, 4.69) is 32.3 Å². The molecule has 0 bridgehead atoms. The monoisotopic (exact) mass is 209 g/mol. The number of nitrogens with one attached hydrogen (secondary N) is 1. The molecule has 1 aliphatic carbocycles. The maximum Gasteiger partial charge on any atom is 0.0127 e. The summed E-state index contributed by atoms with van der Waals surface area (Å²) in [5, 5.41) is 3.48. The fourth-order valence-corrected chi connectivity index (χ4v) is 2.72. The van der Waals surface area contributed by atoms with Gasteiger partial charge in [0, 0.05) is 6.04 Å². The maximum absolute atomic E-state index is 3.48. The van der Waals surface area contributed by atoms with Crippen LogP contribution in [0.25, 0.3) is 0 Å². The lowest BCUT2D eigenvalue weighted by atomic mass is 9.83. The average molecular weight is 209 g/mol. The van der Waals surface area contributed by atoms with Gasteiger partial charge in [-0.2, -0.15) is 0 Å². The maximum atomic E-state index is 3.48. The van der Waals surface area contributed by atoms with E-state index in [9.17, 15) is 0 Å². The number of hydrogen-bond donors (Lipinski definition) is 1. The standard InChI is InChI=1S/C14H27N/c1-4-8-12(5-2)11-13-9-6-7-10-14(13)15-3/h11,13-15H,4-10H2,1-3H3/b12-11-. The smallest absolute Gasteiger partial charge is 0.0127 e. The minimum absolute atomic E-state index is 0.733. The molecular weight excluding hydrogens is 182 g/mol. The van der Waals surface area contributed by atoms with E-state index in [0.29, 0.717) is 0 Å². The molecule has 2 unspecified atom stereocenters. The SMILES string of the molecule is CCC/C(=C\C1CCCCC1NC)CC. The molecule has 0 aliphatic heterocycles. The van der Waals surface area contributed by atoms with Crippen molar-refractivity contribution in [2.24, 2.45) is 5.92 Å². The predicted molar refractivity (Wildman–Crippen MR) is 68.1 cm³/mol. The van der Waals surface area contributed by atoms with E-state index in [0.717, 1.165) is 12.0 Å². The van der Waals surface area contributed by atoms with Gasteiger partial charge in [0.25, 0.3) is 0 Å². The number of allylic oxidation sites excluding steroid dienone is 1. The fourth-order valence-electron chi connectivity index (χ4n) is 2.72. The van der Waals surface area contributed by atoms with Crippen molar-refractivity contribution in [3.63, 3.8) is 0 Å². The molecule has 1 nitrogen and oxygen atoms in total. The normalized spacial score (nSPS) is 28.1. The van der Waals surface area contributed by atoms with Crippen molar-refractivity contribution in [3.05, 3.63) is 11.6 Å². The Labute approximate surface area is 95.3 Å². The van der Waals surface area contributed by atoms with Gasteiger partial charge in [0.15, 0.2) is 0 Å². The van der Waals surface area contributed by atoms with Gasteiger partial charge >= 0.3 is 0 Å². The number of hydrogen-bond acceptors (Lipinski definition) is 1. The molecule has 1 rings (SSSR count). The average Bonchev–Trinajstić information content (AvgIpc) is 2.29. The predicted octanol–water partition coefficient (Wildman–Crippen LogP) is 3.90. The molecule has 2 atom stereocenters. The van der Waals surface area contributed by atoms with E-state index in [1.165, 1.54) is 44.9 Å². The summed E-state index contributed by atoms with van der Waals surface area (Å²) in [4.78, 5) is 0. The van der Waals surface area contributed by atoms with Gasteiger partial charge in [0.2, 0.25) is 0 Å². The van der Waals surface area contributed by atoms with Crippen LogP contribution in [0, 0.1) is 5.92 Å². The van der Waals surface area contributed by atoms with Crippen molar-refractivity contribution < 1.29 is 0 Å². The highest BCUT2D eigenvalue weighted by Gasteiger charge is 2.21. The van der Waals surface area contributed by atoms with Crippen LogP contribution >= 0.6 is 0 Å². The van der Waals surface area contributed by atoms with Crippen LogP contribution in [-0.4, -0.2) is 13.1 Å². The van der Waals surface area contributed by atoms with Crippen molar-refractivity contribution in [1.29, 1.82) is 0 Å². The third kappa shape index (κ3) is 3.98. The zero-order valence-electron chi connectivity index (χ0n) is 10.7. The topological polar surface area (TPSA) is 12.0 Å². The van der Waals surface area contributed by atoms with Crippen molar-refractivity contribution in [2.45, 2.75) is 64.8 Å². The van der Waals surface area contributed by atoms with Gasteiger partial charge in [-0.25, -0.2) is 0 Å². The van der Waals surface area contributed by atoms with Crippen LogP contribution in [-0.2, 0) is 0 Å². The van der Waals surface area contributed by atoms with Gasteiger partial charge in [0.1, 0.15) is 0 Å². The van der Waals surface area contributed by atoms with Crippen molar-refractivity contribution in [2.75, 3.05) is 7.05 Å². The van der Waals surface area contributed by atoms with E-state index in [-0.39, 0.29) is 0 Å². The minimum atomic E-state index is 0.733. The summed E-state index contributed by atoms with van der Waals surface area (Å²) in [5.74, 6) is 0.797. The Morgan fingerprint density at radius 3 is 2.60 bits per heavy atom. The fraction of sp³-hybridized carbons (Fsp3) is 0.857. The second-order valence-electron chi connectivity index (χ2n) is 4.77. The van der Waals surface area contributed by atoms with E-state index < -0.39 is 0 Å². The van der Waals surface area contributed by atoms with Crippen LogP contribution < -0.4 is 5.32 Å². The molecule has 0 amide bonds. The lowest BCUT2D eigenvalue weighted by Gasteiger charge is -2.30. The molecule has 88 valence electrons. The van der Waals surface area contributed by atoms with Gasteiger partial charge in [-0.3, -0.25) is 0 Å². The molecule has 0 aromatic heterocycles. The quantitative estimate of drug-likeness (QED) is 0.677. The van der Waals surface area contributed by atoms with Crippen LogP contribution in [0.5, 0.6) is 0 Å². The van der Waals surface area contributed by atoms with Crippen molar-refractivity contribution >= 4 is 0 Å². The summed E-state index contributed by atoms with van der Waals surface area (Å²) in [7, 11) is 2.11. The minimum Gasteiger partial charge on any atom is -0.316 e. The molecule has 0 spiro atoms. The van der Waals surface area contributed by atoms with Gasteiger partial charge in [-0.05, 0) is 38.6 Å². The highest BCUT2D eigenvalue weighted by molar-refractivity contribution is 5.07. The molecule has 0 aromatic rings. The van der Waals surface area contributed by atoms with Gasteiger partial charge in [-0.1, -0.05) is 44.8 Å². The molecule has 1 fully saturated rings. The Balaban J connectivity index is 2.58. The Kier molecular flexibility index (Phi) is 6.00. The molecule has 1 aliphatic rings. The first-order chi connectivity index (χ1) is 7.31. The van der Waals surface area contributed by atoms with Crippen molar-refractivity contribution in [3.8, 4) is 0 Å². The summed E-state index contributed by atoms with van der Waals surface area (Å²) in [6, 6.07) is 0.733. The summed E-state index contributed by atoms with van der Waals surface area (Å²) in [5.41, 5.74) is 1.67. The molecule has 0 aromatic carbocycles. The first kappa shape index (κ1) is 12.8. The summed E-state index contributed by atoms with van der Waals surface area (Å²) < 4.78 is 0. The third-order valence-electron chi connectivity index (χ3n) is 3.67. The van der Waals surface area contributed by atoms with Crippen molar-refractivity contribution in [1.82, 2.24) is 5.32 Å². The first-order valence-electron chi connectivity index (χ1n) is 6.68. The van der Waals surface area contributed by atoms with Gasteiger partial charge in [0.05, 0.1) is 0 Å². The van der Waals surface area contributed by atoms with Crippen LogP contribution in [0.3, 0.4) is 0 Å². The first-order valence-corrected chi connectivity index (χ1v) is 6.68. The third-order valence-corrected chi connectivity index (χ3v) is 3.67. The summed E-state index contributed by atoms with van der Waals surface area (Å²) >= 11 is 0. The molecule has 0 saturated heterocycles. The van der Waals surface area contributed by atoms with E-state index in [1.54, 1.807) is 5.57 Å². The Bertz CT molecular complexity index is 196. The molecule has 1 saturated carbocycles.